The van der Waals surface area contributed by atoms with Crippen LogP contribution in [0, 0.1) is 0 Å². The first-order valence-corrected chi connectivity index (χ1v) is 9.97. The molecule has 4 rings (SSSR count). The third-order valence-corrected chi connectivity index (χ3v) is 5.99. The Hall–Kier alpha value is -2.04. The van der Waals surface area contributed by atoms with Crippen LogP contribution in [0.3, 0.4) is 0 Å². The molecule has 4 nitrogen and oxygen atoms in total. The summed E-state index contributed by atoms with van der Waals surface area (Å²) < 4.78 is 5.38. The van der Waals surface area contributed by atoms with E-state index in [4.69, 9.17) is 16.3 Å². The molecule has 1 amide bonds. The van der Waals surface area contributed by atoms with E-state index in [1.807, 2.05) is 4.90 Å². The van der Waals surface area contributed by atoms with E-state index in [0.717, 1.165) is 45.4 Å². The molecule has 2 aromatic rings. The monoisotopic (exact) mass is 384 g/mol. The Bertz CT molecular complexity index is 839. The van der Waals surface area contributed by atoms with E-state index < -0.39 is 0 Å². The van der Waals surface area contributed by atoms with Gasteiger partial charge in [-0.15, -0.1) is 0 Å². The minimum Gasteiger partial charge on any atom is -0.496 e. The molecule has 2 aliphatic heterocycles. The van der Waals surface area contributed by atoms with E-state index in [-0.39, 0.29) is 5.91 Å². The third-order valence-electron chi connectivity index (χ3n) is 5.75. The van der Waals surface area contributed by atoms with E-state index in [1.54, 1.807) is 25.3 Å². The van der Waals surface area contributed by atoms with E-state index in [9.17, 15) is 4.79 Å². The van der Waals surface area contributed by atoms with Crippen LogP contribution in [0.1, 0.15) is 34.3 Å². The molecule has 0 radical (unpaired) electrons. The van der Waals surface area contributed by atoms with Gasteiger partial charge in [-0.25, -0.2) is 0 Å². The summed E-state index contributed by atoms with van der Waals surface area (Å²) in [7, 11) is 1.59. The summed E-state index contributed by atoms with van der Waals surface area (Å²) in [6.45, 7) is 3.58. The summed E-state index contributed by atoms with van der Waals surface area (Å²) in [6.07, 6.45) is 3.25. The summed E-state index contributed by atoms with van der Waals surface area (Å²) in [5.74, 6) is 0.592. The second-order valence-electron chi connectivity index (χ2n) is 7.38. The number of fused-ring (bicyclic) bond motifs is 1. The molecule has 5 heteroatoms. The topological polar surface area (TPSA) is 32.8 Å². The van der Waals surface area contributed by atoms with Gasteiger partial charge in [0.15, 0.2) is 0 Å². The van der Waals surface area contributed by atoms with E-state index >= 15 is 0 Å². The number of amides is 1. The first-order chi connectivity index (χ1) is 13.2. The lowest BCUT2D eigenvalue weighted by molar-refractivity contribution is 0.0546. The first-order valence-electron chi connectivity index (χ1n) is 9.59. The Balaban J connectivity index is 1.49. The number of likely N-dealkylation sites (tertiary alicyclic amines) is 1. The number of ether oxygens (including phenoxy) is 1. The average Bonchev–Trinajstić information content (AvgIpc) is 2.73. The van der Waals surface area contributed by atoms with Crippen molar-refractivity contribution in [1.29, 1.82) is 0 Å². The lowest BCUT2D eigenvalue weighted by Gasteiger charge is -2.41. The fourth-order valence-corrected chi connectivity index (χ4v) is 4.46. The number of carbonyl (C=O) groups excluding carboxylic acids is 1. The predicted molar refractivity (Wildman–Crippen MR) is 107 cm³/mol. The number of nitrogens with zero attached hydrogens (tertiary/aromatic N) is 2. The number of hydrogen-bond donors (Lipinski definition) is 0. The van der Waals surface area contributed by atoms with E-state index in [2.05, 4.69) is 29.2 Å². The number of hydrogen-bond acceptors (Lipinski definition) is 3. The molecule has 1 fully saturated rings. The zero-order valence-corrected chi connectivity index (χ0v) is 16.4. The highest BCUT2D eigenvalue weighted by molar-refractivity contribution is 6.31. The van der Waals surface area contributed by atoms with Gasteiger partial charge in [-0.3, -0.25) is 9.69 Å². The van der Waals surface area contributed by atoms with Gasteiger partial charge < -0.3 is 9.64 Å². The van der Waals surface area contributed by atoms with Crippen LogP contribution >= 0.6 is 11.6 Å². The lowest BCUT2D eigenvalue weighted by atomic mass is 9.95. The molecule has 2 aliphatic rings. The van der Waals surface area contributed by atoms with E-state index in [1.165, 1.54) is 11.1 Å². The number of halogens is 1. The highest BCUT2D eigenvalue weighted by Crippen LogP contribution is 2.28. The maximum absolute atomic E-state index is 13.1. The molecule has 1 atom stereocenters. The summed E-state index contributed by atoms with van der Waals surface area (Å²) in [5, 5.41) is 0.556. The zero-order valence-electron chi connectivity index (χ0n) is 15.7. The highest BCUT2D eigenvalue weighted by Gasteiger charge is 2.31. The first kappa shape index (κ1) is 18.3. The van der Waals surface area contributed by atoms with Crippen LogP contribution in [0.5, 0.6) is 5.75 Å². The minimum atomic E-state index is 0.0106. The van der Waals surface area contributed by atoms with Crippen LogP contribution < -0.4 is 4.74 Å². The second kappa shape index (κ2) is 7.91. The van der Waals surface area contributed by atoms with Crippen molar-refractivity contribution in [1.82, 2.24) is 9.80 Å². The van der Waals surface area contributed by atoms with Crippen LogP contribution in [-0.4, -0.2) is 48.5 Å². The maximum atomic E-state index is 13.1. The van der Waals surface area contributed by atoms with Gasteiger partial charge in [0.25, 0.3) is 5.91 Å². The molecular formula is C22H25ClN2O2. The van der Waals surface area contributed by atoms with Gasteiger partial charge in [0.1, 0.15) is 5.75 Å². The minimum absolute atomic E-state index is 0.0106. The van der Waals surface area contributed by atoms with Crippen molar-refractivity contribution in [2.45, 2.75) is 31.8 Å². The number of rotatable bonds is 3. The number of benzene rings is 2. The van der Waals surface area contributed by atoms with Crippen molar-refractivity contribution in [2.24, 2.45) is 0 Å². The standard InChI is InChI=1S/C22H25ClN2O2/c1-27-21-9-8-18(23)13-20(21)22(26)25-11-4-7-19(15-25)24-12-10-16-5-2-3-6-17(16)14-24/h2-3,5-6,8-9,13,19H,4,7,10-12,14-15H2,1H3/t19-/m0/s1. The molecule has 0 bridgehead atoms. The summed E-state index contributed by atoms with van der Waals surface area (Å²) >= 11 is 6.12. The molecular weight excluding hydrogens is 360 g/mol. The van der Waals surface area contributed by atoms with Crippen LogP contribution in [-0.2, 0) is 13.0 Å². The smallest absolute Gasteiger partial charge is 0.257 e. The second-order valence-corrected chi connectivity index (χ2v) is 7.82. The molecule has 0 saturated carbocycles. The Morgan fingerprint density at radius 1 is 1.15 bits per heavy atom. The molecule has 1 saturated heterocycles. The van der Waals surface area contributed by atoms with Gasteiger partial charge in [-0.2, -0.15) is 0 Å². The number of carbonyl (C=O) groups is 1. The van der Waals surface area contributed by atoms with Crippen LogP contribution in [0.15, 0.2) is 42.5 Å². The normalized spacial score (nSPS) is 20.2. The molecule has 0 aliphatic carbocycles. The molecule has 2 heterocycles. The lowest BCUT2D eigenvalue weighted by Crippen LogP contribution is -2.51. The van der Waals surface area contributed by atoms with Gasteiger partial charge in [0.2, 0.25) is 0 Å². The molecule has 0 unspecified atom stereocenters. The molecule has 2 aromatic carbocycles. The van der Waals surface area contributed by atoms with E-state index in [0.29, 0.717) is 22.4 Å². The molecule has 0 spiro atoms. The van der Waals surface area contributed by atoms with Crippen LogP contribution in [0.2, 0.25) is 5.02 Å². The largest absolute Gasteiger partial charge is 0.496 e. The molecule has 0 N–H and O–H groups in total. The van der Waals surface area contributed by atoms with Crippen molar-refractivity contribution in [3.63, 3.8) is 0 Å². The van der Waals surface area contributed by atoms with Gasteiger partial charge in [0, 0.05) is 37.2 Å². The molecule has 27 heavy (non-hydrogen) atoms. The average molecular weight is 385 g/mol. The SMILES string of the molecule is COc1ccc(Cl)cc1C(=O)N1CCC[C@H](N2CCc3ccccc3C2)C1. The third kappa shape index (κ3) is 3.83. The van der Waals surface area contributed by atoms with Gasteiger partial charge in [-0.05, 0) is 48.6 Å². The number of piperidine rings is 1. The molecule has 142 valence electrons. The van der Waals surface area contributed by atoms with Gasteiger partial charge >= 0.3 is 0 Å². The summed E-state index contributed by atoms with van der Waals surface area (Å²) in [5.41, 5.74) is 3.43. The Morgan fingerprint density at radius 2 is 1.96 bits per heavy atom. The van der Waals surface area contributed by atoms with Crippen LogP contribution in [0.25, 0.3) is 0 Å². The van der Waals surface area contributed by atoms with Crippen molar-refractivity contribution < 1.29 is 9.53 Å². The zero-order chi connectivity index (χ0) is 18.8. The van der Waals surface area contributed by atoms with Crippen LogP contribution in [0.4, 0.5) is 0 Å². The molecule has 0 aromatic heterocycles. The van der Waals surface area contributed by atoms with Gasteiger partial charge in [0.05, 0.1) is 12.7 Å². The predicted octanol–water partition coefficient (Wildman–Crippen LogP) is 4.01. The van der Waals surface area contributed by atoms with Crippen molar-refractivity contribution in [2.75, 3.05) is 26.7 Å². The quantitative estimate of drug-likeness (QED) is 0.801. The fourth-order valence-electron chi connectivity index (χ4n) is 4.28. The summed E-state index contributed by atoms with van der Waals surface area (Å²) in [6, 6.07) is 14.3. The fraction of sp³-hybridized carbons (Fsp3) is 0.409. The van der Waals surface area contributed by atoms with Crippen molar-refractivity contribution in [3.05, 3.63) is 64.2 Å². The van der Waals surface area contributed by atoms with Crippen molar-refractivity contribution >= 4 is 17.5 Å². The van der Waals surface area contributed by atoms with Gasteiger partial charge in [-0.1, -0.05) is 35.9 Å². The summed E-state index contributed by atoms with van der Waals surface area (Å²) in [4.78, 5) is 17.6. The Morgan fingerprint density at radius 3 is 2.78 bits per heavy atom. The maximum Gasteiger partial charge on any atom is 0.257 e. The van der Waals surface area contributed by atoms with Crippen molar-refractivity contribution in [3.8, 4) is 5.75 Å². The number of methoxy groups -OCH3 is 1. The highest BCUT2D eigenvalue weighted by atomic mass is 35.5. The Labute approximate surface area is 165 Å². The Kier molecular flexibility index (Phi) is 5.37.